The van der Waals surface area contributed by atoms with E-state index in [0.717, 1.165) is 0 Å². The Morgan fingerprint density at radius 2 is 2.05 bits per heavy atom. The zero-order valence-electron chi connectivity index (χ0n) is 11.6. The summed E-state index contributed by atoms with van der Waals surface area (Å²) in [6.07, 6.45) is 2.34. The van der Waals surface area contributed by atoms with Gasteiger partial charge in [0.1, 0.15) is 0 Å². The topological polar surface area (TPSA) is 102 Å². The first-order chi connectivity index (χ1) is 8.91. The fourth-order valence-electron chi connectivity index (χ4n) is 2.08. The number of ether oxygens (including phenoxy) is 1. The van der Waals surface area contributed by atoms with Crippen LogP contribution in [0.4, 0.5) is 0 Å². The molecule has 1 saturated carbocycles. The Labute approximate surface area is 113 Å². The quantitative estimate of drug-likeness (QED) is 0.526. The van der Waals surface area contributed by atoms with Crippen LogP contribution in [0, 0.1) is 11.8 Å². The lowest BCUT2D eigenvalue weighted by atomic mass is 10.0. The summed E-state index contributed by atoms with van der Waals surface area (Å²) in [6.45, 7) is 5.06. The molecule has 0 bridgehead atoms. The molecule has 2 atom stereocenters. The molecule has 6 heteroatoms. The van der Waals surface area contributed by atoms with Gasteiger partial charge >= 0.3 is 5.97 Å². The van der Waals surface area contributed by atoms with Gasteiger partial charge in [0.25, 0.3) is 0 Å². The van der Waals surface area contributed by atoms with Gasteiger partial charge in [0, 0.05) is 6.54 Å². The van der Waals surface area contributed by atoms with E-state index in [-0.39, 0.29) is 12.5 Å². The number of carboxylic acid groups (broad SMARTS) is 1. The van der Waals surface area contributed by atoms with E-state index in [1.807, 2.05) is 0 Å². The van der Waals surface area contributed by atoms with E-state index in [2.05, 4.69) is 19.2 Å². The van der Waals surface area contributed by atoms with E-state index in [4.69, 9.17) is 15.6 Å². The van der Waals surface area contributed by atoms with Crippen molar-refractivity contribution in [3.8, 4) is 0 Å². The molecule has 0 aromatic carbocycles. The molecule has 6 nitrogen and oxygen atoms in total. The highest BCUT2D eigenvalue weighted by molar-refractivity contribution is 5.85. The van der Waals surface area contributed by atoms with Crippen molar-refractivity contribution < 1.29 is 19.4 Å². The predicted octanol–water partition coefficient (Wildman–Crippen LogP) is 0.356. The third-order valence-corrected chi connectivity index (χ3v) is 3.19. The summed E-state index contributed by atoms with van der Waals surface area (Å²) in [5.74, 6) is -0.395. The summed E-state index contributed by atoms with van der Waals surface area (Å²) in [4.78, 5) is 21.9. The summed E-state index contributed by atoms with van der Waals surface area (Å²) in [7, 11) is 0. The van der Waals surface area contributed by atoms with Gasteiger partial charge in [-0.05, 0) is 24.7 Å². The van der Waals surface area contributed by atoms with Crippen LogP contribution in [0.25, 0.3) is 0 Å². The first-order valence-electron chi connectivity index (χ1n) is 6.78. The highest BCUT2D eigenvalue weighted by Crippen LogP contribution is 2.37. The SMILES string of the molecule is CC(C)C(OCCNC(=O)[C@@H](N)CC(=O)O)C1CC1. The number of nitrogens with two attached hydrogens (primary N) is 1. The molecule has 19 heavy (non-hydrogen) atoms. The molecule has 1 aliphatic carbocycles. The maximum Gasteiger partial charge on any atom is 0.305 e. The Morgan fingerprint density at radius 3 is 2.53 bits per heavy atom. The molecule has 1 fully saturated rings. The number of carbonyl (C=O) groups excluding carboxylic acids is 1. The molecule has 0 radical (unpaired) electrons. The van der Waals surface area contributed by atoms with Crippen LogP contribution >= 0.6 is 0 Å². The van der Waals surface area contributed by atoms with E-state index in [0.29, 0.717) is 25.0 Å². The maximum absolute atomic E-state index is 11.4. The number of amides is 1. The molecule has 0 aromatic heterocycles. The molecule has 4 N–H and O–H groups in total. The van der Waals surface area contributed by atoms with Gasteiger partial charge in [0.2, 0.25) is 5.91 Å². The van der Waals surface area contributed by atoms with Crippen molar-refractivity contribution >= 4 is 11.9 Å². The Bertz CT molecular complexity index is 314. The lowest BCUT2D eigenvalue weighted by Crippen LogP contribution is -2.43. The second kappa shape index (κ2) is 7.45. The summed E-state index contributed by atoms with van der Waals surface area (Å²) < 4.78 is 5.77. The van der Waals surface area contributed by atoms with Crippen molar-refractivity contribution in [2.24, 2.45) is 17.6 Å². The van der Waals surface area contributed by atoms with E-state index < -0.39 is 17.9 Å². The second-order valence-electron chi connectivity index (χ2n) is 5.41. The van der Waals surface area contributed by atoms with Crippen LogP contribution in [0.2, 0.25) is 0 Å². The number of hydrogen-bond acceptors (Lipinski definition) is 4. The minimum Gasteiger partial charge on any atom is -0.481 e. The molecule has 1 aliphatic rings. The third-order valence-electron chi connectivity index (χ3n) is 3.19. The third kappa shape index (κ3) is 6.02. The van der Waals surface area contributed by atoms with Gasteiger partial charge in [0.15, 0.2) is 0 Å². The van der Waals surface area contributed by atoms with Crippen LogP contribution in [0.3, 0.4) is 0 Å². The van der Waals surface area contributed by atoms with E-state index in [1.165, 1.54) is 12.8 Å². The fraction of sp³-hybridized carbons (Fsp3) is 0.846. The van der Waals surface area contributed by atoms with E-state index >= 15 is 0 Å². The van der Waals surface area contributed by atoms with Gasteiger partial charge < -0.3 is 20.9 Å². The van der Waals surface area contributed by atoms with Crippen LogP contribution in [0.5, 0.6) is 0 Å². The predicted molar refractivity (Wildman–Crippen MR) is 70.5 cm³/mol. The number of carbonyl (C=O) groups is 2. The molecule has 0 aliphatic heterocycles. The molecule has 0 aromatic rings. The van der Waals surface area contributed by atoms with E-state index in [9.17, 15) is 9.59 Å². The molecule has 1 unspecified atom stereocenters. The second-order valence-corrected chi connectivity index (χ2v) is 5.41. The van der Waals surface area contributed by atoms with Crippen LogP contribution in [0.1, 0.15) is 33.1 Å². The van der Waals surface area contributed by atoms with Crippen molar-refractivity contribution in [3.05, 3.63) is 0 Å². The smallest absolute Gasteiger partial charge is 0.305 e. The lowest BCUT2D eigenvalue weighted by molar-refractivity contribution is -0.139. The highest BCUT2D eigenvalue weighted by atomic mass is 16.5. The maximum atomic E-state index is 11.4. The number of nitrogens with one attached hydrogen (secondary N) is 1. The fourth-order valence-corrected chi connectivity index (χ4v) is 2.08. The van der Waals surface area contributed by atoms with Crippen molar-refractivity contribution in [2.75, 3.05) is 13.2 Å². The number of hydrogen-bond donors (Lipinski definition) is 3. The van der Waals surface area contributed by atoms with Crippen molar-refractivity contribution in [2.45, 2.75) is 45.3 Å². The van der Waals surface area contributed by atoms with Crippen LogP contribution in [0.15, 0.2) is 0 Å². The lowest BCUT2D eigenvalue weighted by Gasteiger charge is -2.21. The highest BCUT2D eigenvalue weighted by Gasteiger charge is 2.33. The first kappa shape index (κ1) is 15.9. The van der Waals surface area contributed by atoms with Crippen molar-refractivity contribution in [1.29, 1.82) is 0 Å². The van der Waals surface area contributed by atoms with Gasteiger partial charge in [-0.15, -0.1) is 0 Å². The van der Waals surface area contributed by atoms with Crippen LogP contribution < -0.4 is 11.1 Å². The minimum absolute atomic E-state index is 0.254. The molecular formula is C13H24N2O4. The number of rotatable bonds is 9. The standard InChI is InChI=1S/C13H24N2O4/c1-8(2)12(9-3-4-9)19-6-5-15-13(18)10(14)7-11(16)17/h8-10,12H,3-7,14H2,1-2H3,(H,15,18)(H,16,17)/t10-,12?/m0/s1. The summed E-state index contributed by atoms with van der Waals surface area (Å²) in [5.41, 5.74) is 5.43. The largest absolute Gasteiger partial charge is 0.481 e. The summed E-state index contributed by atoms with van der Waals surface area (Å²) in [5, 5.41) is 11.1. The van der Waals surface area contributed by atoms with Gasteiger partial charge in [-0.25, -0.2) is 0 Å². The molecule has 0 heterocycles. The van der Waals surface area contributed by atoms with Crippen molar-refractivity contribution in [1.82, 2.24) is 5.32 Å². The van der Waals surface area contributed by atoms with Gasteiger partial charge in [-0.2, -0.15) is 0 Å². The van der Waals surface area contributed by atoms with Crippen LogP contribution in [-0.4, -0.2) is 42.3 Å². The molecular weight excluding hydrogens is 248 g/mol. The zero-order chi connectivity index (χ0) is 14.4. The molecule has 0 saturated heterocycles. The average molecular weight is 272 g/mol. The molecule has 1 rings (SSSR count). The van der Waals surface area contributed by atoms with E-state index in [1.54, 1.807) is 0 Å². The summed E-state index contributed by atoms with van der Waals surface area (Å²) in [6, 6.07) is -0.998. The Hall–Kier alpha value is -1.14. The number of carboxylic acids is 1. The minimum atomic E-state index is -1.08. The van der Waals surface area contributed by atoms with Gasteiger partial charge in [-0.3, -0.25) is 9.59 Å². The Morgan fingerprint density at radius 1 is 1.42 bits per heavy atom. The molecule has 110 valence electrons. The van der Waals surface area contributed by atoms with Crippen molar-refractivity contribution in [3.63, 3.8) is 0 Å². The van der Waals surface area contributed by atoms with Gasteiger partial charge in [-0.1, -0.05) is 13.8 Å². The van der Waals surface area contributed by atoms with Gasteiger partial charge in [0.05, 0.1) is 25.2 Å². The molecule has 0 spiro atoms. The average Bonchev–Trinajstić information content (AvgIpc) is 3.11. The Kier molecular flexibility index (Phi) is 6.24. The monoisotopic (exact) mass is 272 g/mol. The zero-order valence-corrected chi connectivity index (χ0v) is 11.6. The Balaban J connectivity index is 2.15. The first-order valence-corrected chi connectivity index (χ1v) is 6.78. The molecule has 1 amide bonds. The van der Waals surface area contributed by atoms with Crippen LogP contribution in [-0.2, 0) is 14.3 Å². The number of aliphatic carboxylic acids is 1. The normalized spacial score (nSPS) is 18.1. The summed E-state index contributed by atoms with van der Waals surface area (Å²) >= 11 is 0.